The summed E-state index contributed by atoms with van der Waals surface area (Å²) in [6, 6.07) is 17.8. The lowest BCUT2D eigenvalue weighted by molar-refractivity contribution is -0.127. The predicted molar refractivity (Wildman–Crippen MR) is 97.6 cm³/mol. The first kappa shape index (κ1) is 15.9. The van der Waals surface area contributed by atoms with E-state index in [1.165, 1.54) is 0 Å². The van der Waals surface area contributed by atoms with Crippen LogP contribution >= 0.6 is 0 Å². The molecule has 25 heavy (non-hydrogen) atoms. The summed E-state index contributed by atoms with van der Waals surface area (Å²) < 4.78 is 11.6. The molecule has 4 heteroatoms. The Morgan fingerprint density at radius 3 is 2.72 bits per heavy atom. The van der Waals surface area contributed by atoms with Crippen LogP contribution in [-0.2, 0) is 16.1 Å². The molecule has 1 saturated heterocycles. The molecular weight excluding hydrogens is 314 g/mol. The molecule has 0 N–H and O–H groups in total. The van der Waals surface area contributed by atoms with Crippen molar-refractivity contribution in [1.82, 2.24) is 0 Å². The minimum Gasteiger partial charge on any atom is -0.459 e. The van der Waals surface area contributed by atoms with Crippen LogP contribution in [0.25, 0.3) is 11.0 Å². The molecule has 2 aromatic carbocycles. The number of carbonyl (C=O) groups excluding carboxylic acids is 1. The number of furan rings is 1. The van der Waals surface area contributed by atoms with Crippen molar-refractivity contribution in [2.45, 2.75) is 32.4 Å². The van der Waals surface area contributed by atoms with Crippen LogP contribution in [0.4, 0.5) is 5.69 Å². The number of fused-ring (bicyclic) bond motifs is 1. The van der Waals surface area contributed by atoms with E-state index in [0.29, 0.717) is 13.2 Å². The number of hydrogen-bond donors (Lipinski definition) is 0. The van der Waals surface area contributed by atoms with Crippen molar-refractivity contribution in [3.8, 4) is 0 Å². The number of aryl methyl sites for hydroxylation is 1. The molecule has 0 aliphatic carbocycles. The van der Waals surface area contributed by atoms with Gasteiger partial charge in [0.15, 0.2) is 0 Å². The topological polar surface area (TPSA) is 42.7 Å². The number of ether oxygens (including phenoxy) is 1. The zero-order valence-corrected chi connectivity index (χ0v) is 14.3. The fourth-order valence-corrected chi connectivity index (χ4v) is 3.36. The van der Waals surface area contributed by atoms with E-state index in [-0.39, 0.29) is 12.0 Å². The molecule has 1 aliphatic heterocycles. The number of nitrogens with zero attached hydrogens (tertiary/aromatic N) is 1. The van der Waals surface area contributed by atoms with Crippen LogP contribution in [0.3, 0.4) is 0 Å². The normalized spacial score (nSPS) is 17.1. The van der Waals surface area contributed by atoms with Crippen molar-refractivity contribution in [2.75, 3.05) is 11.5 Å². The van der Waals surface area contributed by atoms with Crippen molar-refractivity contribution in [2.24, 2.45) is 0 Å². The Morgan fingerprint density at radius 2 is 1.96 bits per heavy atom. The summed E-state index contributed by atoms with van der Waals surface area (Å²) in [5.74, 6) is 0.781. The third-order valence-corrected chi connectivity index (χ3v) is 4.67. The van der Waals surface area contributed by atoms with E-state index < -0.39 is 0 Å². The van der Waals surface area contributed by atoms with E-state index in [9.17, 15) is 4.79 Å². The van der Waals surface area contributed by atoms with Crippen LogP contribution < -0.4 is 4.90 Å². The molecule has 1 atom stereocenters. The van der Waals surface area contributed by atoms with E-state index in [4.69, 9.17) is 9.15 Å². The maximum absolute atomic E-state index is 13.1. The quantitative estimate of drug-likeness (QED) is 0.707. The molecule has 1 amide bonds. The standard InChI is InChI=1S/C21H21NO3/c1-15-7-2-4-9-18(15)22(21(23)20-11-6-12-24-20)14-17-13-16-8-3-5-10-19(16)25-17/h2-5,7-10,13,20H,6,11-12,14H2,1H3/t20-/m1/s1. The average molecular weight is 335 g/mol. The molecular formula is C21H21NO3. The molecule has 0 spiro atoms. The minimum atomic E-state index is -0.357. The third kappa shape index (κ3) is 3.17. The van der Waals surface area contributed by atoms with Crippen molar-refractivity contribution in [1.29, 1.82) is 0 Å². The second-order valence-corrected chi connectivity index (χ2v) is 6.46. The lowest BCUT2D eigenvalue weighted by Gasteiger charge is -2.26. The molecule has 0 saturated carbocycles. The van der Waals surface area contributed by atoms with E-state index in [1.54, 1.807) is 4.90 Å². The molecule has 1 aliphatic rings. The van der Waals surface area contributed by atoms with Crippen LogP contribution in [0.15, 0.2) is 59.0 Å². The second-order valence-electron chi connectivity index (χ2n) is 6.46. The Bertz CT molecular complexity index is 860. The van der Waals surface area contributed by atoms with Crippen LogP contribution in [-0.4, -0.2) is 18.6 Å². The number of para-hydroxylation sites is 2. The number of carbonyl (C=O) groups is 1. The Labute approximate surface area is 147 Å². The van der Waals surface area contributed by atoms with Crippen molar-refractivity contribution >= 4 is 22.6 Å². The minimum absolute atomic E-state index is 0.00672. The SMILES string of the molecule is Cc1ccccc1N(Cc1cc2ccccc2o1)C(=O)[C@H]1CCCO1. The molecule has 3 aromatic rings. The number of rotatable bonds is 4. The maximum atomic E-state index is 13.1. The summed E-state index contributed by atoms with van der Waals surface area (Å²) >= 11 is 0. The number of hydrogen-bond acceptors (Lipinski definition) is 3. The first-order chi connectivity index (χ1) is 12.2. The summed E-state index contributed by atoms with van der Waals surface area (Å²) in [7, 11) is 0. The van der Waals surface area contributed by atoms with Gasteiger partial charge in [-0.25, -0.2) is 0 Å². The van der Waals surface area contributed by atoms with Gasteiger partial charge in [-0.3, -0.25) is 4.79 Å². The van der Waals surface area contributed by atoms with Crippen LogP contribution in [0.1, 0.15) is 24.2 Å². The van der Waals surface area contributed by atoms with Crippen molar-refractivity contribution in [3.63, 3.8) is 0 Å². The van der Waals surface area contributed by atoms with Gasteiger partial charge >= 0.3 is 0 Å². The summed E-state index contributed by atoms with van der Waals surface area (Å²) in [6.07, 6.45) is 1.35. The lowest BCUT2D eigenvalue weighted by Crippen LogP contribution is -2.38. The van der Waals surface area contributed by atoms with Crippen LogP contribution in [0.2, 0.25) is 0 Å². The average Bonchev–Trinajstić information content (AvgIpc) is 3.29. The van der Waals surface area contributed by atoms with Gasteiger partial charge in [0.1, 0.15) is 17.4 Å². The first-order valence-corrected chi connectivity index (χ1v) is 8.68. The fraction of sp³-hybridized carbons (Fsp3) is 0.286. The number of anilines is 1. The Kier molecular flexibility index (Phi) is 4.28. The molecule has 2 heterocycles. The van der Waals surface area contributed by atoms with Gasteiger partial charge in [0.25, 0.3) is 5.91 Å². The third-order valence-electron chi connectivity index (χ3n) is 4.67. The highest BCUT2D eigenvalue weighted by molar-refractivity contribution is 5.97. The smallest absolute Gasteiger partial charge is 0.256 e. The number of benzene rings is 2. The monoisotopic (exact) mass is 335 g/mol. The van der Waals surface area contributed by atoms with Gasteiger partial charge in [-0.05, 0) is 43.5 Å². The molecule has 0 radical (unpaired) electrons. The van der Waals surface area contributed by atoms with Gasteiger partial charge < -0.3 is 14.1 Å². The summed E-state index contributed by atoms with van der Waals surface area (Å²) in [5.41, 5.74) is 2.81. The Morgan fingerprint density at radius 1 is 1.16 bits per heavy atom. The maximum Gasteiger partial charge on any atom is 0.256 e. The first-order valence-electron chi connectivity index (χ1n) is 8.68. The number of amides is 1. The van der Waals surface area contributed by atoms with E-state index in [1.807, 2.05) is 61.5 Å². The largest absolute Gasteiger partial charge is 0.459 e. The van der Waals surface area contributed by atoms with Gasteiger partial charge in [-0.2, -0.15) is 0 Å². The van der Waals surface area contributed by atoms with Gasteiger partial charge in [0.2, 0.25) is 0 Å². The summed E-state index contributed by atoms with van der Waals surface area (Å²) in [6.45, 7) is 3.07. The molecule has 0 bridgehead atoms. The van der Waals surface area contributed by atoms with Crippen LogP contribution in [0.5, 0.6) is 0 Å². The second kappa shape index (κ2) is 6.73. The molecule has 4 nitrogen and oxygen atoms in total. The zero-order chi connectivity index (χ0) is 17.2. The Hall–Kier alpha value is -2.59. The zero-order valence-electron chi connectivity index (χ0n) is 14.3. The fourth-order valence-electron chi connectivity index (χ4n) is 3.36. The highest BCUT2D eigenvalue weighted by atomic mass is 16.5. The molecule has 128 valence electrons. The van der Waals surface area contributed by atoms with Gasteiger partial charge in [0, 0.05) is 17.7 Å². The molecule has 0 unspecified atom stereocenters. The van der Waals surface area contributed by atoms with Gasteiger partial charge in [-0.15, -0.1) is 0 Å². The highest BCUT2D eigenvalue weighted by Gasteiger charge is 2.30. The summed E-state index contributed by atoms with van der Waals surface area (Å²) in [4.78, 5) is 14.9. The van der Waals surface area contributed by atoms with E-state index in [2.05, 4.69) is 0 Å². The molecule has 4 rings (SSSR count). The molecule has 1 aromatic heterocycles. The lowest BCUT2D eigenvalue weighted by atomic mass is 10.1. The van der Waals surface area contributed by atoms with Gasteiger partial charge in [0.05, 0.1) is 6.54 Å². The van der Waals surface area contributed by atoms with Crippen molar-refractivity contribution in [3.05, 3.63) is 65.9 Å². The van der Waals surface area contributed by atoms with Gasteiger partial charge in [-0.1, -0.05) is 36.4 Å². The van der Waals surface area contributed by atoms with E-state index in [0.717, 1.165) is 40.8 Å². The molecule has 1 fully saturated rings. The van der Waals surface area contributed by atoms with Crippen LogP contribution in [0, 0.1) is 6.92 Å². The highest BCUT2D eigenvalue weighted by Crippen LogP contribution is 2.27. The van der Waals surface area contributed by atoms with E-state index >= 15 is 0 Å². The predicted octanol–water partition coefficient (Wildman–Crippen LogP) is 4.45. The Balaban J connectivity index is 1.69. The van der Waals surface area contributed by atoms with Crippen molar-refractivity contribution < 1.29 is 13.9 Å². The summed E-state index contributed by atoms with van der Waals surface area (Å²) in [5, 5.41) is 1.05.